The Kier molecular flexibility index (Phi) is 4.03. The number of carbonyl (C=O) groups is 1. The Morgan fingerprint density at radius 1 is 1.10 bits per heavy atom. The van der Waals surface area contributed by atoms with E-state index in [9.17, 15) is 9.18 Å². The highest BCUT2D eigenvalue weighted by Crippen LogP contribution is 2.21. The molecule has 2 rings (SSSR count). The quantitative estimate of drug-likeness (QED) is 0.893. The van der Waals surface area contributed by atoms with Gasteiger partial charge >= 0.3 is 0 Å². The van der Waals surface area contributed by atoms with Gasteiger partial charge in [0.2, 0.25) is 0 Å². The number of aryl methyl sites for hydroxylation is 2. The minimum Gasteiger partial charge on any atom is -0.388 e. The molecule has 0 fully saturated rings. The van der Waals surface area contributed by atoms with Gasteiger partial charge in [-0.1, -0.05) is 12.1 Å². The van der Waals surface area contributed by atoms with Crippen LogP contribution in [0, 0.1) is 19.7 Å². The van der Waals surface area contributed by atoms with Gasteiger partial charge in [-0.3, -0.25) is 4.79 Å². The summed E-state index contributed by atoms with van der Waals surface area (Å²) in [6.45, 7) is 3.67. The molecule has 0 aliphatic rings. The van der Waals surface area contributed by atoms with Crippen molar-refractivity contribution in [2.45, 2.75) is 13.8 Å². The van der Waals surface area contributed by atoms with Crippen LogP contribution in [-0.4, -0.2) is 13.0 Å². The standard InChI is InChI=1S/C16H17FN2O/c1-10-5-4-6-13(17)15(10)19-16(20)12-7-8-14(18-3)11(2)9-12/h4-9,18H,1-3H3,(H,19,20). The number of rotatable bonds is 3. The van der Waals surface area contributed by atoms with Crippen LogP contribution in [0.25, 0.3) is 0 Å². The van der Waals surface area contributed by atoms with Gasteiger partial charge in [0.05, 0.1) is 5.69 Å². The number of hydrogen-bond acceptors (Lipinski definition) is 2. The van der Waals surface area contributed by atoms with Crippen LogP contribution in [0.4, 0.5) is 15.8 Å². The Labute approximate surface area is 117 Å². The van der Waals surface area contributed by atoms with Crippen molar-refractivity contribution in [2.75, 3.05) is 17.7 Å². The van der Waals surface area contributed by atoms with E-state index in [1.165, 1.54) is 6.07 Å². The fourth-order valence-corrected chi connectivity index (χ4v) is 2.06. The first kappa shape index (κ1) is 14.1. The summed E-state index contributed by atoms with van der Waals surface area (Å²) in [5.74, 6) is -0.745. The van der Waals surface area contributed by atoms with Crippen LogP contribution in [0.1, 0.15) is 21.5 Å². The summed E-state index contributed by atoms with van der Waals surface area (Å²) in [4.78, 5) is 12.2. The minimum absolute atomic E-state index is 0.229. The van der Waals surface area contributed by atoms with Crippen LogP contribution in [0.3, 0.4) is 0 Å². The molecule has 0 bridgehead atoms. The molecule has 2 N–H and O–H groups in total. The van der Waals surface area contributed by atoms with E-state index >= 15 is 0 Å². The molecule has 0 atom stereocenters. The van der Waals surface area contributed by atoms with Gasteiger partial charge in [-0.2, -0.15) is 0 Å². The van der Waals surface area contributed by atoms with Crippen LogP contribution in [0.15, 0.2) is 36.4 Å². The molecule has 0 aliphatic carbocycles. The molecular formula is C16H17FN2O. The van der Waals surface area contributed by atoms with Gasteiger partial charge < -0.3 is 10.6 Å². The van der Waals surface area contributed by atoms with Crippen molar-refractivity contribution in [3.63, 3.8) is 0 Å². The predicted molar refractivity (Wildman–Crippen MR) is 79.8 cm³/mol. The summed E-state index contributed by atoms with van der Waals surface area (Å²) >= 11 is 0. The van der Waals surface area contributed by atoms with Crippen molar-refractivity contribution in [3.8, 4) is 0 Å². The summed E-state index contributed by atoms with van der Waals surface area (Å²) in [6.07, 6.45) is 0. The highest BCUT2D eigenvalue weighted by Gasteiger charge is 2.12. The molecule has 1 amide bonds. The second-order valence-corrected chi connectivity index (χ2v) is 4.67. The molecule has 0 unspecified atom stereocenters. The van der Waals surface area contributed by atoms with Crippen molar-refractivity contribution in [1.29, 1.82) is 0 Å². The number of amides is 1. The number of nitrogens with one attached hydrogen (secondary N) is 2. The Hall–Kier alpha value is -2.36. The molecule has 20 heavy (non-hydrogen) atoms. The van der Waals surface area contributed by atoms with Gasteiger partial charge in [-0.05, 0) is 49.2 Å². The molecule has 2 aromatic carbocycles. The Morgan fingerprint density at radius 3 is 2.45 bits per heavy atom. The van der Waals surface area contributed by atoms with Gasteiger partial charge in [0.15, 0.2) is 0 Å². The first-order valence-corrected chi connectivity index (χ1v) is 6.38. The molecule has 0 spiro atoms. The third-order valence-corrected chi connectivity index (χ3v) is 3.22. The van der Waals surface area contributed by atoms with E-state index in [0.717, 1.165) is 11.3 Å². The van der Waals surface area contributed by atoms with Gasteiger partial charge in [0.25, 0.3) is 5.91 Å². The first-order chi connectivity index (χ1) is 9.52. The fourth-order valence-electron chi connectivity index (χ4n) is 2.06. The second-order valence-electron chi connectivity index (χ2n) is 4.67. The smallest absolute Gasteiger partial charge is 0.255 e. The lowest BCUT2D eigenvalue weighted by atomic mass is 10.1. The van der Waals surface area contributed by atoms with Gasteiger partial charge in [-0.15, -0.1) is 0 Å². The number of carbonyl (C=O) groups excluding carboxylic acids is 1. The molecule has 104 valence electrons. The highest BCUT2D eigenvalue weighted by atomic mass is 19.1. The third kappa shape index (κ3) is 2.79. The van der Waals surface area contributed by atoms with Crippen molar-refractivity contribution in [2.24, 2.45) is 0 Å². The van der Waals surface area contributed by atoms with Crippen LogP contribution < -0.4 is 10.6 Å². The highest BCUT2D eigenvalue weighted by molar-refractivity contribution is 6.05. The van der Waals surface area contributed by atoms with Gasteiger partial charge in [0.1, 0.15) is 5.82 Å². The topological polar surface area (TPSA) is 41.1 Å². The molecule has 0 heterocycles. The monoisotopic (exact) mass is 272 g/mol. The normalized spacial score (nSPS) is 10.2. The molecule has 0 radical (unpaired) electrons. The summed E-state index contributed by atoms with van der Waals surface area (Å²) in [5.41, 5.74) is 3.35. The first-order valence-electron chi connectivity index (χ1n) is 6.38. The maximum Gasteiger partial charge on any atom is 0.255 e. The minimum atomic E-state index is -0.429. The fraction of sp³-hybridized carbons (Fsp3) is 0.188. The van der Waals surface area contributed by atoms with E-state index in [-0.39, 0.29) is 11.6 Å². The number of para-hydroxylation sites is 1. The maximum absolute atomic E-state index is 13.7. The summed E-state index contributed by atoms with van der Waals surface area (Å²) in [6, 6.07) is 10.0. The SMILES string of the molecule is CNc1ccc(C(=O)Nc2c(C)cccc2F)cc1C. The molecule has 0 aromatic heterocycles. The molecule has 2 aromatic rings. The average Bonchev–Trinajstić information content (AvgIpc) is 2.42. The molecule has 0 saturated heterocycles. The Bertz CT molecular complexity index is 633. The van der Waals surface area contributed by atoms with E-state index in [1.807, 2.05) is 20.0 Å². The van der Waals surface area contributed by atoms with E-state index in [4.69, 9.17) is 0 Å². The molecular weight excluding hydrogens is 255 g/mol. The van der Waals surface area contributed by atoms with Gasteiger partial charge in [0, 0.05) is 18.3 Å². The second kappa shape index (κ2) is 5.74. The lowest BCUT2D eigenvalue weighted by Crippen LogP contribution is -2.14. The molecule has 3 nitrogen and oxygen atoms in total. The lowest BCUT2D eigenvalue weighted by molar-refractivity contribution is 0.102. The van der Waals surface area contributed by atoms with Crippen LogP contribution >= 0.6 is 0 Å². The lowest BCUT2D eigenvalue weighted by Gasteiger charge is -2.11. The summed E-state index contributed by atoms with van der Waals surface area (Å²) in [5, 5.41) is 5.66. The van der Waals surface area contributed by atoms with E-state index in [0.29, 0.717) is 11.1 Å². The van der Waals surface area contributed by atoms with Crippen molar-refractivity contribution < 1.29 is 9.18 Å². The Morgan fingerprint density at radius 2 is 1.85 bits per heavy atom. The zero-order chi connectivity index (χ0) is 14.7. The van der Waals surface area contributed by atoms with Crippen LogP contribution in [0.5, 0.6) is 0 Å². The number of halogens is 1. The average molecular weight is 272 g/mol. The molecule has 0 aliphatic heterocycles. The Balaban J connectivity index is 2.26. The van der Waals surface area contributed by atoms with Crippen molar-refractivity contribution >= 4 is 17.3 Å². The van der Waals surface area contributed by atoms with Crippen molar-refractivity contribution in [1.82, 2.24) is 0 Å². The number of hydrogen-bond donors (Lipinski definition) is 2. The van der Waals surface area contributed by atoms with Crippen LogP contribution in [0.2, 0.25) is 0 Å². The summed E-state index contributed by atoms with van der Waals surface area (Å²) < 4.78 is 13.7. The predicted octanol–water partition coefficient (Wildman–Crippen LogP) is 3.74. The molecule has 0 saturated carbocycles. The zero-order valence-electron chi connectivity index (χ0n) is 11.8. The largest absolute Gasteiger partial charge is 0.388 e. The number of anilines is 2. The van der Waals surface area contributed by atoms with Crippen molar-refractivity contribution in [3.05, 3.63) is 58.9 Å². The maximum atomic E-state index is 13.7. The molecule has 4 heteroatoms. The van der Waals surface area contributed by atoms with Crippen LogP contribution in [-0.2, 0) is 0 Å². The number of benzene rings is 2. The third-order valence-electron chi connectivity index (χ3n) is 3.22. The van der Waals surface area contributed by atoms with E-state index in [1.54, 1.807) is 31.2 Å². The zero-order valence-corrected chi connectivity index (χ0v) is 11.8. The van der Waals surface area contributed by atoms with Gasteiger partial charge in [-0.25, -0.2) is 4.39 Å². The van der Waals surface area contributed by atoms with E-state index in [2.05, 4.69) is 10.6 Å². The van der Waals surface area contributed by atoms with E-state index < -0.39 is 5.82 Å². The summed E-state index contributed by atoms with van der Waals surface area (Å²) in [7, 11) is 1.82.